The number of carbonyl (C=O) groups is 6. The molecule has 36 nitrogen and oxygen atoms in total. The molecule has 0 bridgehead atoms. The van der Waals surface area contributed by atoms with Gasteiger partial charge < -0.3 is 44.4 Å². The number of ether oxygens (including phenoxy) is 6. The molecule has 111 heavy (non-hydrogen) atoms. The maximum absolute atomic E-state index is 13.2. The van der Waals surface area contributed by atoms with E-state index in [9.17, 15) is 80.4 Å². The number of amides is 3. The third-order valence-electron chi connectivity index (χ3n) is 16.7. The van der Waals surface area contributed by atoms with Crippen molar-refractivity contribution in [2.24, 2.45) is 0 Å². The lowest BCUT2D eigenvalue weighted by atomic mass is 10.1. The van der Waals surface area contributed by atoms with Crippen LogP contribution in [0.1, 0.15) is 68.5 Å². The third kappa shape index (κ3) is 16.5. The van der Waals surface area contributed by atoms with E-state index in [0.29, 0.717) is 0 Å². The Kier molecular flexibility index (Phi) is 21.1. The molecule has 0 saturated carbocycles. The van der Waals surface area contributed by atoms with Crippen molar-refractivity contribution in [2.75, 3.05) is 54.5 Å². The molecule has 3 aliphatic heterocycles. The van der Waals surface area contributed by atoms with Crippen LogP contribution in [-0.4, -0.2) is 192 Å². The number of esters is 3. The molecule has 9 aromatic heterocycles. The van der Waals surface area contributed by atoms with Gasteiger partial charge in [0.05, 0.1) is 88.8 Å². The monoisotopic (exact) mass is 1600 g/mol. The van der Waals surface area contributed by atoms with Crippen molar-refractivity contribution < 1.29 is 109 Å². The molecular weight excluding hydrogens is 1540 g/mol. The molecular formula is C66H54F6N18O18S3. The Hall–Kier alpha value is -13.2. The number of rotatable bonds is 21. The average Bonchev–Trinajstić information content (AvgIpc) is 1.75. The van der Waals surface area contributed by atoms with E-state index < -0.39 is 103 Å². The number of anilines is 3. The zero-order valence-electron chi connectivity index (χ0n) is 57.1. The van der Waals surface area contributed by atoms with Gasteiger partial charge in [0.2, 0.25) is 0 Å². The van der Waals surface area contributed by atoms with Gasteiger partial charge in [-0.1, -0.05) is 0 Å². The summed E-state index contributed by atoms with van der Waals surface area (Å²) < 4.78 is 189. The molecule has 0 radical (unpaired) electrons. The first kappa shape index (κ1) is 76.0. The minimum atomic E-state index is -3.75. The van der Waals surface area contributed by atoms with Crippen LogP contribution in [0.5, 0.6) is 17.2 Å². The van der Waals surface area contributed by atoms with Crippen LogP contribution in [0.25, 0.3) is 50.7 Å². The van der Waals surface area contributed by atoms with E-state index in [0.717, 1.165) is 73.4 Å². The molecule has 3 amide bonds. The Balaban J connectivity index is 0.000000146. The number of sulfone groups is 3. The molecule has 45 heteroatoms. The second-order valence-electron chi connectivity index (χ2n) is 24.2. The minimum absolute atomic E-state index is 0.00440. The second-order valence-corrected chi connectivity index (χ2v) is 30.2. The molecule has 3 fully saturated rings. The van der Waals surface area contributed by atoms with E-state index in [1.165, 1.54) is 83.4 Å². The van der Waals surface area contributed by atoms with Crippen LogP contribution in [-0.2, 0) is 58.1 Å². The average molecular weight is 1600 g/mol. The number of benzene rings is 3. The summed E-state index contributed by atoms with van der Waals surface area (Å²) >= 11 is 0. The van der Waals surface area contributed by atoms with Gasteiger partial charge in [0.1, 0.15) is 51.0 Å². The standard InChI is InChI=1S/3C22H18F2N6O6S/c3*1-37(33,34)12-3-4-17(36-22(23)24)13(9-12)18-15(11-30(28-18)16-5-8-35-21(16)32)27-20(31)14-10-26-29-7-2-6-25-19(14)29/h3*2-4,6-7,9-11,16,22H,5,8H2,1H3,(H,27,31)/t2*16-;/m10./s1. The number of hydrogen-bond donors (Lipinski definition) is 3. The van der Waals surface area contributed by atoms with Crippen LogP contribution >= 0.6 is 0 Å². The molecule has 0 spiro atoms. The highest BCUT2D eigenvalue weighted by atomic mass is 32.2. The van der Waals surface area contributed by atoms with Crippen molar-refractivity contribution in [3.63, 3.8) is 0 Å². The van der Waals surface area contributed by atoms with E-state index in [1.807, 2.05) is 0 Å². The molecule has 12 heterocycles. The Morgan fingerprint density at radius 1 is 0.441 bits per heavy atom. The summed E-state index contributed by atoms with van der Waals surface area (Å²) in [4.78, 5) is 87.9. The fourth-order valence-electron chi connectivity index (χ4n) is 11.6. The van der Waals surface area contributed by atoms with Crippen molar-refractivity contribution >= 4 is 99.1 Å². The Morgan fingerprint density at radius 2 is 0.712 bits per heavy atom. The van der Waals surface area contributed by atoms with Gasteiger partial charge in [-0.2, -0.15) is 56.9 Å². The van der Waals surface area contributed by atoms with Crippen molar-refractivity contribution in [1.82, 2.24) is 73.1 Å². The zero-order chi connectivity index (χ0) is 79.0. The van der Waals surface area contributed by atoms with Crippen LogP contribution < -0.4 is 30.2 Å². The highest BCUT2D eigenvalue weighted by Gasteiger charge is 2.36. The maximum Gasteiger partial charge on any atom is 0.387 e. The number of alkyl halides is 6. The second kappa shape index (κ2) is 30.8. The van der Waals surface area contributed by atoms with Gasteiger partial charge in [-0.05, 0) is 72.8 Å². The number of cyclic esters (lactones) is 3. The summed E-state index contributed by atoms with van der Waals surface area (Å²) in [6, 6.07) is 12.3. The quantitative estimate of drug-likeness (QED) is 0.0369. The molecule has 1 unspecified atom stereocenters. The van der Waals surface area contributed by atoms with Crippen LogP contribution in [0.3, 0.4) is 0 Å². The van der Waals surface area contributed by atoms with Crippen molar-refractivity contribution in [1.29, 1.82) is 0 Å². The Labute approximate surface area is 619 Å². The highest BCUT2D eigenvalue weighted by molar-refractivity contribution is 7.91. The summed E-state index contributed by atoms with van der Waals surface area (Å²) in [5.41, 5.74) is 0.396. The first-order chi connectivity index (χ1) is 52.8. The Morgan fingerprint density at radius 3 is 0.946 bits per heavy atom. The lowest BCUT2D eigenvalue weighted by molar-refractivity contribution is -0.141. The van der Waals surface area contributed by atoms with Crippen molar-refractivity contribution in [3.05, 3.63) is 164 Å². The summed E-state index contributed by atoms with van der Waals surface area (Å²) in [5, 5.41) is 33.2. The first-order valence-corrected chi connectivity index (χ1v) is 38.0. The molecule has 3 aliphatic rings. The number of carbonyl (C=O) groups excluding carboxylic acids is 6. The predicted molar refractivity (Wildman–Crippen MR) is 369 cm³/mol. The number of halogens is 6. The number of aromatic nitrogens is 15. The van der Waals surface area contributed by atoms with E-state index in [-0.39, 0.29) is 155 Å². The van der Waals surface area contributed by atoms with Crippen molar-refractivity contribution in [3.8, 4) is 51.0 Å². The maximum atomic E-state index is 13.2. The van der Waals surface area contributed by atoms with Gasteiger partial charge in [0, 0.05) is 91.9 Å². The molecule has 0 aliphatic carbocycles. The lowest BCUT2D eigenvalue weighted by Crippen LogP contribution is -2.15. The summed E-state index contributed by atoms with van der Waals surface area (Å²) in [7, 11) is -11.3. The molecule has 3 atom stereocenters. The van der Waals surface area contributed by atoms with Crippen LogP contribution in [0, 0.1) is 0 Å². The summed E-state index contributed by atoms with van der Waals surface area (Å²) in [6.07, 6.45) is 20.8. The summed E-state index contributed by atoms with van der Waals surface area (Å²) in [6.45, 7) is -9.22. The normalized spacial score (nSPS) is 15.8. The van der Waals surface area contributed by atoms with Crippen LogP contribution in [0.2, 0.25) is 0 Å². The molecule has 3 N–H and O–H groups in total. The number of nitrogens with one attached hydrogen (secondary N) is 3. The van der Waals surface area contributed by atoms with Gasteiger partial charge in [-0.25, -0.2) is 68.1 Å². The summed E-state index contributed by atoms with van der Waals surface area (Å²) in [5.74, 6) is -4.79. The number of fused-ring (bicyclic) bond motifs is 3. The van der Waals surface area contributed by atoms with Crippen molar-refractivity contribution in [2.45, 2.75) is 71.9 Å². The third-order valence-corrected chi connectivity index (χ3v) is 20.1. The molecule has 3 saturated heterocycles. The lowest BCUT2D eigenvalue weighted by Gasteiger charge is -2.12. The molecule has 12 aromatic rings. The fraction of sp³-hybridized carbons (Fsp3) is 0.227. The molecule has 576 valence electrons. The van der Waals surface area contributed by atoms with Crippen LogP contribution in [0.4, 0.5) is 43.4 Å². The van der Waals surface area contributed by atoms with Gasteiger partial charge >= 0.3 is 37.7 Å². The van der Waals surface area contributed by atoms with Gasteiger partial charge in [-0.3, -0.25) is 28.4 Å². The van der Waals surface area contributed by atoms with Gasteiger partial charge in [0.15, 0.2) is 64.6 Å². The predicted octanol–water partition coefficient (Wildman–Crippen LogP) is 7.01. The number of hydrogen-bond acceptors (Lipinski definition) is 27. The van der Waals surface area contributed by atoms with E-state index in [4.69, 9.17) is 14.2 Å². The van der Waals surface area contributed by atoms with Crippen LogP contribution in [0.15, 0.2) is 162 Å². The fourth-order valence-corrected chi connectivity index (χ4v) is 13.5. The SMILES string of the molecule is CS(=O)(=O)c1ccc(OC(F)F)c(-c2nn(C3CCOC3=O)cc2NC(=O)c2cnn3cccnc23)c1.CS(=O)(=O)c1ccc(OC(F)F)c(-c2nn([C@@H]3CCOC3=O)cc2NC(=O)c2cnn3cccnc23)c1.CS(=O)(=O)c1ccc(OC(F)F)c(-c2nn([C@H]3CCOC3=O)cc2NC(=O)c2cnn3cccnc23)c1. The van der Waals surface area contributed by atoms with Gasteiger partial charge in [0.25, 0.3) is 17.7 Å². The zero-order valence-corrected chi connectivity index (χ0v) is 59.6. The number of nitrogens with zero attached hydrogens (tertiary/aromatic N) is 15. The topological polar surface area (TPSA) is 440 Å². The van der Waals surface area contributed by atoms with Gasteiger partial charge in [-0.15, -0.1) is 0 Å². The van der Waals surface area contributed by atoms with E-state index in [2.05, 4.69) is 75.7 Å². The van der Waals surface area contributed by atoms with E-state index in [1.54, 1.807) is 36.8 Å². The minimum Gasteiger partial charge on any atom is -0.464 e. The Bertz CT molecular complexity index is 5480. The molecule has 15 rings (SSSR count). The highest BCUT2D eigenvalue weighted by Crippen LogP contribution is 2.42. The largest absolute Gasteiger partial charge is 0.464 e. The molecule has 3 aromatic carbocycles. The smallest absolute Gasteiger partial charge is 0.387 e. The van der Waals surface area contributed by atoms with E-state index >= 15 is 0 Å². The first-order valence-electron chi connectivity index (χ1n) is 32.3.